The molecule has 0 aromatic carbocycles. The summed E-state index contributed by atoms with van der Waals surface area (Å²) in [6, 6.07) is 0.882. The second-order valence-corrected chi connectivity index (χ2v) is 2.82. The lowest BCUT2D eigenvalue weighted by molar-refractivity contribution is -0.147. The molecule has 1 N–H and O–H groups in total. The van der Waals surface area contributed by atoms with Crippen LogP contribution in [-0.2, 0) is 15.7 Å². The Kier molecular flexibility index (Phi) is 3.66. The van der Waals surface area contributed by atoms with Crippen LogP contribution in [0.3, 0.4) is 0 Å². The van der Waals surface area contributed by atoms with E-state index >= 15 is 0 Å². The average Bonchev–Trinajstić information content (AvgIpc) is 2.17. The zero-order valence-electron chi connectivity index (χ0n) is 8.46. The second kappa shape index (κ2) is 4.62. The van der Waals surface area contributed by atoms with Crippen molar-refractivity contribution in [2.45, 2.75) is 12.5 Å². The van der Waals surface area contributed by atoms with Crippen LogP contribution in [-0.4, -0.2) is 24.2 Å². The lowest BCUT2D eigenvalue weighted by atomic mass is 10.3. The van der Waals surface area contributed by atoms with Gasteiger partial charge in [-0.15, -0.1) is 0 Å². The van der Waals surface area contributed by atoms with Crippen molar-refractivity contribution in [3.63, 3.8) is 0 Å². The van der Waals surface area contributed by atoms with E-state index in [-0.39, 0.29) is 5.69 Å². The van der Waals surface area contributed by atoms with Crippen molar-refractivity contribution in [1.82, 2.24) is 9.97 Å². The monoisotopic (exact) mass is 238 g/mol. The zero-order valence-corrected chi connectivity index (χ0v) is 8.46. The maximum absolute atomic E-state index is 12.3. The van der Waals surface area contributed by atoms with Gasteiger partial charge in [-0.3, -0.25) is 4.79 Å². The molecule has 0 saturated carbocycles. The van der Waals surface area contributed by atoms with Gasteiger partial charge in [0.25, 0.3) is 5.56 Å². The Morgan fingerprint density at radius 2 is 1.94 bits per heavy atom. The van der Waals surface area contributed by atoms with Crippen LogP contribution in [0.15, 0.2) is 10.9 Å². The molecule has 16 heavy (non-hydrogen) atoms. The molecule has 0 bridgehead atoms. The molecule has 8 heteroatoms. The maximum atomic E-state index is 12.3. The highest BCUT2D eigenvalue weighted by Gasteiger charge is 2.35. The molecular weight excluding hydrogens is 229 g/mol. The van der Waals surface area contributed by atoms with Crippen LogP contribution in [0.25, 0.3) is 0 Å². The van der Waals surface area contributed by atoms with E-state index in [1.54, 1.807) is 4.98 Å². The molecule has 0 unspecified atom stereocenters. The molecule has 0 aliphatic heterocycles. The first-order chi connectivity index (χ1) is 7.38. The maximum Gasteiger partial charge on any atom is 0.449 e. The highest BCUT2D eigenvalue weighted by atomic mass is 19.4. The summed E-state index contributed by atoms with van der Waals surface area (Å²) in [6.07, 6.45) is -5.83. The minimum absolute atomic E-state index is 0.235. The van der Waals surface area contributed by atoms with Crippen LogP contribution in [0.1, 0.15) is 17.8 Å². The molecule has 0 saturated heterocycles. The Morgan fingerprint density at radius 3 is 2.38 bits per heavy atom. The number of ether oxygens (including phenoxy) is 2. The molecule has 0 aliphatic rings. The Hall–Kier alpha value is -1.41. The number of nitrogens with one attached hydrogen (secondary N) is 1. The van der Waals surface area contributed by atoms with Crippen molar-refractivity contribution in [1.29, 1.82) is 0 Å². The number of aromatic amines is 1. The lowest BCUT2D eigenvalue weighted by Crippen LogP contribution is -2.22. The first-order valence-electron chi connectivity index (χ1n) is 4.12. The Balaban J connectivity index is 3.23. The van der Waals surface area contributed by atoms with Gasteiger partial charge in [-0.05, 0) is 0 Å². The Labute approximate surface area is 88.2 Å². The van der Waals surface area contributed by atoms with Crippen molar-refractivity contribution in [2.75, 3.05) is 14.2 Å². The molecule has 90 valence electrons. The van der Waals surface area contributed by atoms with Gasteiger partial charge in [-0.2, -0.15) is 13.2 Å². The number of aromatic nitrogens is 2. The molecule has 1 aromatic heterocycles. The summed E-state index contributed by atoms with van der Waals surface area (Å²) in [7, 11) is 2.45. The van der Waals surface area contributed by atoms with Gasteiger partial charge in [-0.1, -0.05) is 0 Å². The number of hydrogen-bond donors (Lipinski definition) is 1. The van der Waals surface area contributed by atoms with Crippen LogP contribution in [0, 0.1) is 0 Å². The molecule has 1 heterocycles. The van der Waals surface area contributed by atoms with Crippen molar-refractivity contribution in [2.24, 2.45) is 0 Å². The third-order valence-corrected chi connectivity index (χ3v) is 1.70. The third kappa shape index (κ3) is 2.80. The van der Waals surface area contributed by atoms with Crippen molar-refractivity contribution >= 4 is 0 Å². The summed E-state index contributed by atoms with van der Waals surface area (Å²) in [5.74, 6) is -1.38. The van der Waals surface area contributed by atoms with Crippen molar-refractivity contribution in [3.8, 4) is 0 Å². The molecule has 0 amide bonds. The average molecular weight is 238 g/mol. The number of rotatable bonds is 3. The molecule has 0 aliphatic carbocycles. The number of alkyl halides is 3. The summed E-state index contributed by atoms with van der Waals surface area (Å²) >= 11 is 0. The Morgan fingerprint density at radius 1 is 1.38 bits per heavy atom. The molecule has 0 spiro atoms. The van der Waals surface area contributed by atoms with Gasteiger partial charge < -0.3 is 14.5 Å². The van der Waals surface area contributed by atoms with E-state index in [2.05, 4.69) is 4.98 Å². The smallest absolute Gasteiger partial charge is 0.350 e. The summed E-state index contributed by atoms with van der Waals surface area (Å²) in [4.78, 5) is 15.8. The molecule has 1 rings (SSSR count). The quantitative estimate of drug-likeness (QED) is 0.800. The standard InChI is InChI=1S/C8H9F3N2O3/c1-15-6(16-2)4-3-5(14)13-7(12-4)8(9,10)11/h3,6H,1-2H3,(H,12,13,14). The number of H-pyrrole nitrogens is 1. The molecule has 5 nitrogen and oxygen atoms in total. The summed E-state index contributed by atoms with van der Waals surface area (Å²) in [6.45, 7) is 0. The number of nitrogens with zero attached hydrogens (tertiary/aromatic N) is 1. The fraction of sp³-hybridized carbons (Fsp3) is 0.500. The van der Waals surface area contributed by atoms with Crippen LogP contribution in [0.4, 0.5) is 13.2 Å². The second-order valence-electron chi connectivity index (χ2n) is 2.82. The number of methoxy groups -OCH3 is 2. The van der Waals surface area contributed by atoms with Gasteiger partial charge in [0, 0.05) is 20.3 Å². The van der Waals surface area contributed by atoms with Crippen molar-refractivity contribution in [3.05, 3.63) is 27.9 Å². The fourth-order valence-corrected chi connectivity index (χ4v) is 1.07. The lowest BCUT2D eigenvalue weighted by Gasteiger charge is -2.13. The first kappa shape index (κ1) is 12.7. The van der Waals surface area contributed by atoms with Gasteiger partial charge >= 0.3 is 6.18 Å². The van der Waals surface area contributed by atoms with Crippen LogP contribution in [0.5, 0.6) is 0 Å². The van der Waals surface area contributed by atoms with Crippen LogP contribution < -0.4 is 5.56 Å². The van der Waals surface area contributed by atoms with E-state index in [1.807, 2.05) is 0 Å². The Bertz CT molecular complexity index is 412. The highest BCUT2D eigenvalue weighted by molar-refractivity contribution is 5.06. The van der Waals surface area contributed by atoms with E-state index in [4.69, 9.17) is 9.47 Å². The molecule has 0 atom stereocenters. The van der Waals surface area contributed by atoms with E-state index in [0.717, 1.165) is 6.07 Å². The van der Waals surface area contributed by atoms with Gasteiger partial charge in [0.15, 0.2) is 0 Å². The normalized spacial score (nSPS) is 12.1. The largest absolute Gasteiger partial charge is 0.449 e. The van der Waals surface area contributed by atoms with E-state index in [9.17, 15) is 18.0 Å². The minimum Gasteiger partial charge on any atom is -0.350 e. The van der Waals surface area contributed by atoms with E-state index in [0.29, 0.717) is 0 Å². The fourth-order valence-electron chi connectivity index (χ4n) is 1.07. The number of halogens is 3. The SMILES string of the molecule is COC(OC)c1cc(=O)[nH]c(C(F)(F)F)n1. The van der Waals surface area contributed by atoms with Gasteiger partial charge in [0.2, 0.25) is 12.1 Å². The van der Waals surface area contributed by atoms with Crippen LogP contribution >= 0.6 is 0 Å². The minimum atomic E-state index is -4.72. The predicted octanol–water partition coefficient (Wildman–Crippen LogP) is 1.08. The summed E-state index contributed by atoms with van der Waals surface area (Å²) < 4.78 is 46.3. The van der Waals surface area contributed by atoms with Gasteiger partial charge in [0.05, 0.1) is 0 Å². The first-order valence-corrected chi connectivity index (χ1v) is 4.12. The predicted molar refractivity (Wildman–Crippen MR) is 46.6 cm³/mol. The van der Waals surface area contributed by atoms with Gasteiger partial charge in [-0.25, -0.2) is 4.98 Å². The molecule has 0 fully saturated rings. The summed E-state index contributed by atoms with van der Waals surface area (Å²) in [5.41, 5.74) is -1.16. The molecule has 1 aromatic rings. The third-order valence-electron chi connectivity index (χ3n) is 1.70. The number of hydrogen-bond acceptors (Lipinski definition) is 4. The highest BCUT2D eigenvalue weighted by Crippen LogP contribution is 2.26. The molecule has 0 radical (unpaired) electrons. The van der Waals surface area contributed by atoms with Crippen molar-refractivity contribution < 1.29 is 22.6 Å². The topological polar surface area (TPSA) is 64.2 Å². The summed E-state index contributed by atoms with van der Waals surface area (Å²) in [5, 5.41) is 0. The van der Waals surface area contributed by atoms with Crippen LogP contribution in [0.2, 0.25) is 0 Å². The zero-order chi connectivity index (χ0) is 12.3. The van der Waals surface area contributed by atoms with E-state index in [1.165, 1.54) is 14.2 Å². The van der Waals surface area contributed by atoms with Gasteiger partial charge in [0.1, 0.15) is 5.69 Å². The molecular formula is C8H9F3N2O3. The van der Waals surface area contributed by atoms with E-state index < -0.39 is 23.8 Å².